The van der Waals surface area contributed by atoms with E-state index in [1.165, 1.54) is 0 Å². The molecule has 0 aliphatic heterocycles. The Morgan fingerprint density at radius 3 is 2.37 bits per heavy atom. The quantitative estimate of drug-likeness (QED) is 0.471. The molecule has 0 aliphatic carbocycles. The molecule has 1 heterocycles. The third-order valence-electron chi connectivity index (χ3n) is 3.76. The largest absolute Gasteiger partial charge is 0.407 e. The maximum Gasteiger partial charge on any atom is 0.407 e. The molecule has 0 atom stereocenters. The van der Waals surface area contributed by atoms with Crippen LogP contribution >= 0.6 is 0 Å². The smallest absolute Gasteiger partial charge is 0.363 e. The highest BCUT2D eigenvalue weighted by Gasteiger charge is 2.35. The molecule has 0 saturated heterocycles. The molecule has 0 amide bonds. The lowest BCUT2D eigenvalue weighted by Gasteiger charge is -2.27. The molecule has 0 fully saturated rings. The fourth-order valence-electron chi connectivity index (χ4n) is 2.58. The summed E-state index contributed by atoms with van der Waals surface area (Å²) in [5, 5.41) is 0. The number of anilines is 1. The van der Waals surface area contributed by atoms with Gasteiger partial charge >= 0.3 is 12.4 Å². The van der Waals surface area contributed by atoms with Crippen LogP contribution in [0.15, 0.2) is 42.7 Å². The molecular formula is C18H15F6N3. The van der Waals surface area contributed by atoms with E-state index < -0.39 is 30.1 Å². The molecule has 27 heavy (non-hydrogen) atoms. The second-order valence-corrected chi connectivity index (χ2v) is 5.81. The zero-order chi connectivity index (χ0) is 20.1. The number of rotatable bonds is 6. The van der Waals surface area contributed by atoms with Crippen molar-refractivity contribution in [3.05, 3.63) is 65.3 Å². The van der Waals surface area contributed by atoms with Crippen molar-refractivity contribution in [2.45, 2.75) is 25.2 Å². The minimum absolute atomic E-state index is 0.0942. The van der Waals surface area contributed by atoms with Crippen molar-refractivity contribution in [2.24, 2.45) is 0 Å². The molecule has 1 aromatic carbocycles. The summed E-state index contributed by atoms with van der Waals surface area (Å²) in [6, 6.07) is 6.08. The van der Waals surface area contributed by atoms with Gasteiger partial charge in [-0.05, 0) is 36.6 Å². The van der Waals surface area contributed by atoms with E-state index in [0.29, 0.717) is 18.9 Å². The summed E-state index contributed by atoms with van der Waals surface area (Å²) in [6.07, 6.45) is -5.51. The van der Waals surface area contributed by atoms with Crippen LogP contribution in [0.1, 0.15) is 17.5 Å². The van der Waals surface area contributed by atoms with Gasteiger partial charge in [-0.2, -0.15) is 26.3 Å². The van der Waals surface area contributed by atoms with Gasteiger partial charge in [0.2, 0.25) is 0 Å². The van der Waals surface area contributed by atoms with E-state index in [-0.39, 0.29) is 12.2 Å². The molecule has 0 radical (unpaired) electrons. The Morgan fingerprint density at radius 2 is 1.81 bits per heavy atom. The first-order valence-electron chi connectivity index (χ1n) is 7.89. The standard InChI is InChI=1S/C18H15F6N3/c1-25-16-7-6-14(10-15(16)18(22,23)24)27(12-17(19,20)21)9-3-5-13-4-2-8-26-11-13/h2,4,6-8,10-11H,3,5,9,12H2. The van der Waals surface area contributed by atoms with Gasteiger partial charge in [0.25, 0.3) is 0 Å². The summed E-state index contributed by atoms with van der Waals surface area (Å²) >= 11 is 0. The molecule has 0 bridgehead atoms. The lowest BCUT2D eigenvalue weighted by molar-refractivity contribution is -0.136. The van der Waals surface area contributed by atoms with Crippen molar-refractivity contribution in [3.8, 4) is 0 Å². The van der Waals surface area contributed by atoms with Gasteiger partial charge in [-0.1, -0.05) is 12.1 Å². The zero-order valence-electron chi connectivity index (χ0n) is 14.0. The van der Waals surface area contributed by atoms with Crippen LogP contribution in [0, 0.1) is 6.57 Å². The highest BCUT2D eigenvalue weighted by molar-refractivity contribution is 5.62. The Labute approximate surface area is 152 Å². The van der Waals surface area contributed by atoms with Crippen LogP contribution in [0.5, 0.6) is 0 Å². The molecule has 144 valence electrons. The first-order valence-corrected chi connectivity index (χ1v) is 7.89. The Kier molecular flexibility index (Phi) is 6.31. The molecule has 2 aromatic rings. The van der Waals surface area contributed by atoms with Crippen molar-refractivity contribution in [3.63, 3.8) is 0 Å². The van der Waals surface area contributed by atoms with Crippen LogP contribution in [0.3, 0.4) is 0 Å². The molecule has 0 spiro atoms. The third-order valence-corrected chi connectivity index (χ3v) is 3.76. The highest BCUT2D eigenvalue weighted by Crippen LogP contribution is 2.39. The number of benzene rings is 1. The number of aromatic nitrogens is 1. The molecule has 9 heteroatoms. The van der Waals surface area contributed by atoms with Gasteiger partial charge in [-0.25, -0.2) is 4.85 Å². The fourth-order valence-corrected chi connectivity index (χ4v) is 2.58. The van der Waals surface area contributed by atoms with Gasteiger partial charge in [-0.15, -0.1) is 0 Å². The summed E-state index contributed by atoms with van der Waals surface area (Å²) in [7, 11) is 0. The summed E-state index contributed by atoms with van der Waals surface area (Å²) in [4.78, 5) is 7.55. The van der Waals surface area contributed by atoms with Crippen molar-refractivity contribution in [1.82, 2.24) is 4.98 Å². The van der Waals surface area contributed by atoms with Gasteiger partial charge < -0.3 is 4.90 Å². The lowest BCUT2D eigenvalue weighted by Crippen LogP contribution is -2.35. The van der Waals surface area contributed by atoms with Gasteiger partial charge in [-0.3, -0.25) is 4.98 Å². The van der Waals surface area contributed by atoms with Crippen molar-refractivity contribution < 1.29 is 26.3 Å². The van der Waals surface area contributed by atoms with Crippen LogP contribution in [0.4, 0.5) is 37.7 Å². The maximum absolute atomic E-state index is 13.1. The second-order valence-electron chi connectivity index (χ2n) is 5.81. The van der Waals surface area contributed by atoms with E-state index in [9.17, 15) is 26.3 Å². The molecule has 0 aliphatic rings. The third kappa shape index (κ3) is 6.16. The van der Waals surface area contributed by atoms with E-state index >= 15 is 0 Å². The Balaban J connectivity index is 2.24. The van der Waals surface area contributed by atoms with E-state index in [2.05, 4.69) is 9.83 Å². The zero-order valence-corrected chi connectivity index (χ0v) is 14.0. The molecule has 3 nitrogen and oxygen atoms in total. The normalized spacial score (nSPS) is 11.9. The summed E-state index contributed by atoms with van der Waals surface area (Å²) in [5.74, 6) is 0. The minimum Gasteiger partial charge on any atom is -0.363 e. The second kappa shape index (κ2) is 8.29. The van der Waals surface area contributed by atoms with Crippen LogP contribution in [0.25, 0.3) is 4.85 Å². The average Bonchev–Trinajstić information content (AvgIpc) is 2.59. The van der Waals surface area contributed by atoms with E-state index in [1.54, 1.807) is 24.5 Å². The minimum atomic E-state index is -4.82. The Hall–Kier alpha value is -2.76. The van der Waals surface area contributed by atoms with Crippen molar-refractivity contribution in [2.75, 3.05) is 18.0 Å². The number of aryl methyl sites for hydroxylation is 1. The average molecular weight is 387 g/mol. The summed E-state index contributed by atoms with van der Waals surface area (Å²) < 4.78 is 78.0. The summed E-state index contributed by atoms with van der Waals surface area (Å²) in [5.41, 5.74) is -1.29. The Morgan fingerprint density at radius 1 is 1.07 bits per heavy atom. The molecule has 0 N–H and O–H groups in total. The van der Waals surface area contributed by atoms with Gasteiger partial charge in [0.1, 0.15) is 6.54 Å². The predicted octanol–water partition coefficient (Wildman–Crippen LogP) is 5.65. The van der Waals surface area contributed by atoms with Crippen molar-refractivity contribution in [1.29, 1.82) is 0 Å². The highest BCUT2D eigenvalue weighted by atomic mass is 19.4. The van der Waals surface area contributed by atoms with E-state index in [4.69, 9.17) is 6.57 Å². The van der Waals surface area contributed by atoms with E-state index in [0.717, 1.165) is 22.6 Å². The first-order chi connectivity index (χ1) is 12.6. The predicted molar refractivity (Wildman–Crippen MR) is 88.5 cm³/mol. The van der Waals surface area contributed by atoms with Gasteiger partial charge in [0.15, 0.2) is 5.69 Å². The Bertz CT molecular complexity index is 793. The van der Waals surface area contributed by atoms with Gasteiger partial charge in [0, 0.05) is 24.6 Å². The number of alkyl halides is 6. The monoisotopic (exact) mass is 387 g/mol. The fraction of sp³-hybridized carbons (Fsp3) is 0.333. The first kappa shape index (κ1) is 20.6. The topological polar surface area (TPSA) is 20.5 Å². The summed E-state index contributed by atoms with van der Waals surface area (Å²) in [6.45, 7) is 5.34. The van der Waals surface area contributed by atoms with Crippen molar-refractivity contribution >= 4 is 11.4 Å². The molecule has 0 unspecified atom stereocenters. The van der Waals surface area contributed by atoms with Crippen LogP contribution < -0.4 is 4.90 Å². The number of hydrogen-bond donors (Lipinski definition) is 0. The van der Waals surface area contributed by atoms with E-state index in [1.807, 2.05) is 0 Å². The molecular weight excluding hydrogens is 372 g/mol. The van der Waals surface area contributed by atoms with Gasteiger partial charge in [0.05, 0.1) is 12.1 Å². The maximum atomic E-state index is 13.1. The van der Waals surface area contributed by atoms with Crippen LogP contribution in [-0.4, -0.2) is 24.2 Å². The number of pyridine rings is 1. The molecule has 0 saturated carbocycles. The molecule has 2 rings (SSSR count). The molecule has 1 aromatic heterocycles. The lowest BCUT2D eigenvalue weighted by atomic mass is 10.1. The SMILES string of the molecule is [C-]#[N+]c1ccc(N(CCCc2cccnc2)CC(F)(F)F)cc1C(F)(F)F. The van der Waals surface area contributed by atoms with Crippen LogP contribution in [0.2, 0.25) is 0 Å². The number of hydrogen-bond acceptors (Lipinski definition) is 2. The number of halogens is 6. The number of nitrogens with zero attached hydrogens (tertiary/aromatic N) is 3. The van der Waals surface area contributed by atoms with Crippen LogP contribution in [-0.2, 0) is 12.6 Å².